The summed E-state index contributed by atoms with van der Waals surface area (Å²) in [5.74, 6) is 1.27. The first-order chi connectivity index (χ1) is 10.1. The number of ether oxygens (including phenoxy) is 1. The first-order valence-electron chi connectivity index (χ1n) is 6.48. The lowest BCUT2D eigenvalue weighted by Crippen LogP contribution is -2.15. The van der Waals surface area contributed by atoms with E-state index in [9.17, 15) is 0 Å². The first kappa shape index (κ1) is 13.1. The van der Waals surface area contributed by atoms with Crippen LogP contribution in [-0.4, -0.2) is 29.0 Å². The minimum atomic E-state index is 0.129. The van der Waals surface area contributed by atoms with Crippen LogP contribution >= 0.6 is 0 Å². The van der Waals surface area contributed by atoms with Gasteiger partial charge in [-0.3, -0.25) is 0 Å². The van der Waals surface area contributed by atoms with Crippen molar-refractivity contribution in [3.8, 4) is 11.8 Å². The van der Waals surface area contributed by atoms with Crippen LogP contribution in [0.25, 0.3) is 10.8 Å². The van der Waals surface area contributed by atoms with E-state index in [4.69, 9.17) is 10.5 Å². The highest BCUT2D eigenvalue weighted by Gasteiger charge is 2.09. The number of rotatable bonds is 3. The lowest BCUT2D eigenvalue weighted by molar-refractivity contribution is 0.445. The van der Waals surface area contributed by atoms with Crippen molar-refractivity contribution in [2.45, 2.75) is 0 Å². The monoisotopic (exact) mass is 281 g/mol. The molecule has 2 N–H and O–H groups in total. The molecule has 0 amide bonds. The Morgan fingerprint density at radius 1 is 0.952 bits per heavy atom. The van der Waals surface area contributed by atoms with E-state index in [2.05, 4.69) is 15.0 Å². The third-order valence-corrected chi connectivity index (χ3v) is 2.97. The summed E-state index contributed by atoms with van der Waals surface area (Å²) in [5, 5.41) is 2.08. The van der Waals surface area contributed by atoms with Gasteiger partial charge in [-0.25, -0.2) is 0 Å². The van der Waals surface area contributed by atoms with E-state index in [1.807, 2.05) is 56.6 Å². The average molecular weight is 281 g/mol. The lowest BCUT2D eigenvalue weighted by atomic mass is 10.1. The molecule has 0 unspecified atom stereocenters. The van der Waals surface area contributed by atoms with E-state index in [0.29, 0.717) is 11.7 Å². The van der Waals surface area contributed by atoms with Gasteiger partial charge in [0.25, 0.3) is 0 Å². The van der Waals surface area contributed by atoms with Gasteiger partial charge in [-0.05, 0) is 11.5 Å². The summed E-state index contributed by atoms with van der Waals surface area (Å²) in [4.78, 5) is 14.0. The molecule has 106 valence electrons. The Morgan fingerprint density at radius 3 is 2.52 bits per heavy atom. The molecule has 1 aromatic heterocycles. The van der Waals surface area contributed by atoms with Gasteiger partial charge in [0.2, 0.25) is 11.9 Å². The SMILES string of the molecule is CN(C)c1nc(N)nc(Oc2cccc3ccccc23)n1. The average Bonchev–Trinajstić information content (AvgIpc) is 2.47. The topological polar surface area (TPSA) is 77.2 Å². The molecular formula is C15H15N5O. The molecule has 6 heteroatoms. The van der Waals surface area contributed by atoms with Crippen LogP contribution in [0, 0.1) is 0 Å². The molecule has 0 radical (unpaired) electrons. The Hall–Kier alpha value is -2.89. The Bertz CT molecular complexity index is 783. The van der Waals surface area contributed by atoms with Crippen LogP contribution in [0.4, 0.5) is 11.9 Å². The smallest absolute Gasteiger partial charge is 0.328 e. The number of benzene rings is 2. The first-order valence-corrected chi connectivity index (χ1v) is 6.48. The van der Waals surface area contributed by atoms with Crippen LogP contribution in [0.1, 0.15) is 0 Å². The number of hydrogen-bond acceptors (Lipinski definition) is 6. The van der Waals surface area contributed by atoms with Gasteiger partial charge in [0.15, 0.2) is 0 Å². The molecule has 1 heterocycles. The van der Waals surface area contributed by atoms with Gasteiger partial charge in [0, 0.05) is 19.5 Å². The Labute approximate surface area is 122 Å². The molecule has 0 saturated carbocycles. The molecule has 0 aliphatic heterocycles. The number of nitrogen functional groups attached to an aromatic ring is 1. The maximum atomic E-state index is 5.79. The number of aromatic nitrogens is 3. The molecule has 0 spiro atoms. The lowest BCUT2D eigenvalue weighted by Gasteiger charge is -2.12. The third kappa shape index (κ3) is 2.69. The van der Waals surface area contributed by atoms with Crippen molar-refractivity contribution in [3.05, 3.63) is 42.5 Å². The summed E-state index contributed by atoms with van der Waals surface area (Å²) in [6.45, 7) is 0. The van der Waals surface area contributed by atoms with Gasteiger partial charge in [0.05, 0.1) is 0 Å². The van der Waals surface area contributed by atoms with Gasteiger partial charge in [-0.2, -0.15) is 15.0 Å². The molecule has 0 fully saturated rings. The quantitative estimate of drug-likeness (QED) is 0.794. The van der Waals surface area contributed by atoms with Crippen LogP contribution in [0.3, 0.4) is 0 Å². The van der Waals surface area contributed by atoms with E-state index in [-0.39, 0.29) is 12.0 Å². The number of hydrogen-bond donors (Lipinski definition) is 1. The highest BCUT2D eigenvalue weighted by Crippen LogP contribution is 2.28. The van der Waals surface area contributed by atoms with E-state index >= 15 is 0 Å². The predicted molar refractivity (Wildman–Crippen MR) is 82.6 cm³/mol. The summed E-state index contributed by atoms with van der Waals surface area (Å²) in [5.41, 5.74) is 5.69. The van der Waals surface area contributed by atoms with Gasteiger partial charge in [-0.1, -0.05) is 36.4 Å². The molecule has 0 saturated heterocycles. The minimum absolute atomic E-state index is 0.129. The number of nitrogens with two attached hydrogens (primary N) is 1. The van der Waals surface area contributed by atoms with Crippen molar-refractivity contribution in [3.63, 3.8) is 0 Å². The largest absolute Gasteiger partial charge is 0.423 e. The maximum absolute atomic E-state index is 5.79. The Kier molecular flexibility index (Phi) is 3.27. The second kappa shape index (κ2) is 5.24. The van der Waals surface area contributed by atoms with Crippen LogP contribution < -0.4 is 15.4 Å². The summed E-state index contributed by atoms with van der Waals surface area (Å²) in [7, 11) is 3.66. The zero-order valence-electron chi connectivity index (χ0n) is 11.8. The highest BCUT2D eigenvalue weighted by atomic mass is 16.5. The molecular weight excluding hydrogens is 266 g/mol. The summed E-state index contributed by atoms with van der Waals surface area (Å²) >= 11 is 0. The second-order valence-corrected chi connectivity index (χ2v) is 4.75. The summed E-state index contributed by atoms with van der Waals surface area (Å²) < 4.78 is 5.79. The zero-order chi connectivity index (χ0) is 14.8. The van der Waals surface area contributed by atoms with Crippen LogP contribution in [0.2, 0.25) is 0 Å². The van der Waals surface area contributed by atoms with Crippen LogP contribution in [0.15, 0.2) is 42.5 Å². The van der Waals surface area contributed by atoms with Crippen molar-refractivity contribution in [1.82, 2.24) is 15.0 Å². The van der Waals surface area contributed by atoms with E-state index in [0.717, 1.165) is 10.8 Å². The normalized spacial score (nSPS) is 10.6. The fourth-order valence-electron chi connectivity index (χ4n) is 1.99. The second-order valence-electron chi connectivity index (χ2n) is 4.75. The summed E-state index contributed by atoms with van der Waals surface area (Å²) in [6, 6.07) is 14.0. The van der Waals surface area contributed by atoms with Gasteiger partial charge in [-0.15, -0.1) is 0 Å². The molecule has 3 aromatic rings. The Balaban J connectivity index is 2.03. The highest BCUT2D eigenvalue weighted by molar-refractivity contribution is 5.88. The molecule has 0 atom stereocenters. The molecule has 2 aromatic carbocycles. The van der Waals surface area contributed by atoms with Gasteiger partial charge < -0.3 is 15.4 Å². The van der Waals surface area contributed by atoms with Crippen molar-refractivity contribution in [2.75, 3.05) is 24.7 Å². The maximum Gasteiger partial charge on any atom is 0.328 e. The van der Waals surface area contributed by atoms with E-state index in [1.165, 1.54) is 0 Å². The standard InChI is InChI=1S/C15H15N5O/c1-20(2)14-17-13(16)18-15(19-14)21-12-9-5-7-10-6-3-4-8-11(10)12/h3-9H,1-2H3,(H2,16,17,18,19). The molecule has 3 rings (SSSR count). The van der Waals surface area contributed by atoms with Gasteiger partial charge in [0.1, 0.15) is 5.75 Å². The van der Waals surface area contributed by atoms with E-state index < -0.39 is 0 Å². The fourth-order valence-corrected chi connectivity index (χ4v) is 1.99. The predicted octanol–water partition coefficient (Wildman–Crippen LogP) is 2.47. The minimum Gasteiger partial charge on any atom is -0.423 e. The fraction of sp³-hybridized carbons (Fsp3) is 0.133. The number of anilines is 2. The molecule has 6 nitrogen and oxygen atoms in total. The van der Waals surface area contributed by atoms with Crippen molar-refractivity contribution < 1.29 is 4.74 Å². The molecule has 0 aliphatic rings. The zero-order valence-corrected chi connectivity index (χ0v) is 11.8. The van der Waals surface area contributed by atoms with Crippen LogP contribution in [0.5, 0.6) is 11.8 Å². The molecule has 0 bridgehead atoms. The molecule has 0 aliphatic carbocycles. The number of fused-ring (bicyclic) bond motifs is 1. The van der Waals surface area contributed by atoms with Crippen molar-refractivity contribution in [2.24, 2.45) is 0 Å². The van der Waals surface area contributed by atoms with Gasteiger partial charge >= 0.3 is 6.01 Å². The molecule has 21 heavy (non-hydrogen) atoms. The Morgan fingerprint density at radius 2 is 1.71 bits per heavy atom. The van der Waals surface area contributed by atoms with Crippen molar-refractivity contribution >= 4 is 22.7 Å². The number of nitrogens with zero attached hydrogens (tertiary/aromatic N) is 4. The third-order valence-electron chi connectivity index (χ3n) is 2.97. The summed E-state index contributed by atoms with van der Waals surface area (Å²) in [6.07, 6.45) is 0. The van der Waals surface area contributed by atoms with E-state index in [1.54, 1.807) is 4.90 Å². The van der Waals surface area contributed by atoms with Crippen molar-refractivity contribution in [1.29, 1.82) is 0 Å². The van der Waals surface area contributed by atoms with Crippen LogP contribution in [-0.2, 0) is 0 Å².